The molecule has 1 atom stereocenters. The van der Waals surface area contributed by atoms with Crippen LogP contribution in [0.1, 0.15) is 33.3 Å². The molecule has 0 aliphatic rings. The van der Waals surface area contributed by atoms with E-state index in [2.05, 4.69) is 29.6 Å². The van der Waals surface area contributed by atoms with Crippen LogP contribution in [-0.4, -0.2) is 35.4 Å². The highest BCUT2D eigenvalue weighted by Crippen LogP contribution is 2.20. The van der Waals surface area contributed by atoms with E-state index in [1.165, 1.54) is 0 Å². The number of thioether (sulfide) groups is 1. The van der Waals surface area contributed by atoms with E-state index >= 15 is 0 Å². The highest BCUT2D eigenvalue weighted by atomic mass is 32.2. The standard InChI is InChI=1S/C23H29NO4S/c1-5-27-22(26)29-16-20(24-21(25)28-23(2,3)4)15-17-11-13-19(14-12-17)18-9-7-6-8-10-18/h6-14,20H,5,15-16H2,1-4H3,(H,24,25)/t20-/m1/s1. The Hall–Kier alpha value is -2.47. The van der Waals surface area contributed by atoms with Crippen molar-refractivity contribution in [2.45, 2.75) is 45.8 Å². The van der Waals surface area contributed by atoms with Gasteiger partial charge in [-0.1, -0.05) is 54.6 Å². The predicted molar refractivity (Wildman–Crippen MR) is 118 cm³/mol. The Morgan fingerprint density at radius 2 is 1.62 bits per heavy atom. The second-order valence-corrected chi connectivity index (χ2v) is 8.56. The molecule has 2 rings (SSSR count). The van der Waals surface area contributed by atoms with Crippen molar-refractivity contribution >= 4 is 23.2 Å². The fourth-order valence-corrected chi connectivity index (χ4v) is 3.44. The minimum absolute atomic E-state index is 0.262. The van der Waals surface area contributed by atoms with Gasteiger partial charge >= 0.3 is 11.4 Å². The lowest BCUT2D eigenvalue weighted by molar-refractivity contribution is 0.0509. The molecule has 0 saturated carbocycles. The number of nitrogens with one attached hydrogen (secondary N) is 1. The largest absolute Gasteiger partial charge is 0.458 e. The molecule has 0 fully saturated rings. The minimum Gasteiger partial charge on any atom is -0.458 e. The fourth-order valence-electron chi connectivity index (χ4n) is 2.70. The smallest absolute Gasteiger partial charge is 0.407 e. The van der Waals surface area contributed by atoms with E-state index in [1.54, 1.807) is 6.92 Å². The lowest BCUT2D eigenvalue weighted by Gasteiger charge is -2.23. The van der Waals surface area contributed by atoms with Crippen molar-refractivity contribution in [2.75, 3.05) is 12.4 Å². The molecule has 0 spiro atoms. The maximum atomic E-state index is 12.2. The van der Waals surface area contributed by atoms with Gasteiger partial charge < -0.3 is 14.8 Å². The number of carbonyl (C=O) groups excluding carboxylic acids is 2. The van der Waals surface area contributed by atoms with Crippen molar-refractivity contribution in [1.29, 1.82) is 0 Å². The first-order chi connectivity index (χ1) is 13.8. The molecule has 0 bridgehead atoms. The van der Waals surface area contributed by atoms with Gasteiger partial charge in [-0.05, 0) is 62.6 Å². The van der Waals surface area contributed by atoms with Crippen LogP contribution in [0.2, 0.25) is 0 Å². The van der Waals surface area contributed by atoms with Gasteiger partial charge in [-0.15, -0.1) is 0 Å². The summed E-state index contributed by atoms with van der Waals surface area (Å²) in [4.78, 5) is 23.9. The van der Waals surface area contributed by atoms with Crippen LogP contribution in [0.15, 0.2) is 54.6 Å². The van der Waals surface area contributed by atoms with E-state index in [1.807, 2.05) is 51.1 Å². The van der Waals surface area contributed by atoms with Crippen LogP contribution in [0.3, 0.4) is 0 Å². The van der Waals surface area contributed by atoms with Crippen molar-refractivity contribution in [3.05, 3.63) is 60.2 Å². The molecule has 2 aromatic carbocycles. The third-order valence-electron chi connectivity index (χ3n) is 3.93. The van der Waals surface area contributed by atoms with E-state index in [4.69, 9.17) is 9.47 Å². The van der Waals surface area contributed by atoms with Crippen molar-refractivity contribution in [2.24, 2.45) is 0 Å². The van der Waals surface area contributed by atoms with Crippen molar-refractivity contribution < 1.29 is 19.1 Å². The Morgan fingerprint density at radius 3 is 2.21 bits per heavy atom. The predicted octanol–water partition coefficient (Wildman–Crippen LogP) is 5.68. The average Bonchev–Trinajstić information content (AvgIpc) is 2.66. The zero-order valence-corrected chi connectivity index (χ0v) is 18.3. The highest BCUT2D eigenvalue weighted by molar-refractivity contribution is 8.13. The molecule has 2 aromatic rings. The molecule has 5 nitrogen and oxygen atoms in total. The van der Waals surface area contributed by atoms with Crippen LogP contribution in [-0.2, 0) is 15.9 Å². The number of amides is 1. The number of rotatable bonds is 7. The summed E-state index contributed by atoms with van der Waals surface area (Å²) in [5.41, 5.74) is 2.77. The first-order valence-electron chi connectivity index (χ1n) is 9.70. The van der Waals surface area contributed by atoms with Gasteiger partial charge in [-0.2, -0.15) is 0 Å². The SMILES string of the molecule is CCOC(=O)SC[C@@H](Cc1ccc(-c2ccccc2)cc1)NC(=O)OC(C)(C)C. The summed E-state index contributed by atoms with van der Waals surface area (Å²) in [5, 5.41) is 2.53. The normalized spacial score (nSPS) is 12.1. The molecule has 0 heterocycles. The molecule has 0 aliphatic heterocycles. The lowest BCUT2D eigenvalue weighted by atomic mass is 10.0. The van der Waals surface area contributed by atoms with Crippen molar-refractivity contribution in [1.82, 2.24) is 5.32 Å². The summed E-state index contributed by atoms with van der Waals surface area (Å²) in [6, 6.07) is 18.1. The van der Waals surface area contributed by atoms with Gasteiger partial charge in [0.1, 0.15) is 5.60 Å². The Kier molecular flexibility index (Phi) is 8.58. The van der Waals surface area contributed by atoms with E-state index in [9.17, 15) is 9.59 Å². The molecule has 1 N–H and O–H groups in total. The molecule has 0 unspecified atom stereocenters. The maximum Gasteiger partial charge on any atom is 0.407 e. The van der Waals surface area contributed by atoms with E-state index in [-0.39, 0.29) is 11.3 Å². The number of hydrogen-bond acceptors (Lipinski definition) is 5. The van der Waals surface area contributed by atoms with Crippen LogP contribution in [0.25, 0.3) is 11.1 Å². The monoisotopic (exact) mass is 415 g/mol. The molecular formula is C23H29NO4S. The van der Waals surface area contributed by atoms with Crippen LogP contribution < -0.4 is 5.32 Å². The van der Waals surface area contributed by atoms with E-state index < -0.39 is 11.7 Å². The molecule has 29 heavy (non-hydrogen) atoms. The van der Waals surface area contributed by atoms with Gasteiger partial charge in [0, 0.05) is 11.8 Å². The summed E-state index contributed by atoms with van der Waals surface area (Å²) in [6.07, 6.45) is 0.0913. The fraction of sp³-hybridized carbons (Fsp3) is 0.391. The summed E-state index contributed by atoms with van der Waals surface area (Å²) in [5.74, 6) is 0.401. The number of ether oxygens (including phenoxy) is 2. The Bertz CT molecular complexity index is 785. The van der Waals surface area contributed by atoms with Gasteiger partial charge in [-0.3, -0.25) is 0 Å². The second kappa shape index (κ2) is 10.9. The number of benzene rings is 2. The van der Waals surface area contributed by atoms with Gasteiger partial charge in [-0.25, -0.2) is 9.59 Å². The van der Waals surface area contributed by atoms with Crippen LogP contribution in [0.4, 0.5) is 9.59 Å². The Morgan fingerprint density at radius 1 is 1.00 bits per heavy atom. The first-order valence-corrected chi connectivity index (χ1v) is 10.7. The number of hydrogen-bond donors (Lipinski definition) is 1. The molecular weight excluding hydrogens is 386 g/mol. The molecule has 0 aromatic heterocycles. The first kappa shape index (κ1) is 22.8. The van der Waals surface area contributed by atoms with Gasteiger partial charge in [0.15, 0.2) is 0 Å². The molecule has 0 aliphatic carbocycles. The third-order valence-corrected chi connectivity index (χ3v) is 4.85. The Balaban J connectivity index is 2.04. The Labute approximate surface area is 177 Å². The number of carbonyl (C=O) groups is 2. The van der Waals surface area contributed by atoms with Gasteiger partial charge in [0.2, 0.25) is 0 Å². The topological polar surface area (TPSA) is 64.6 Å². The van der Waals surface area contributed by atoms with Crippen molar-refractivity contribution in [3.63, 3.8) is 0 Å². The summed E-state index contributed by atoms with van der Waals surface area (Å²) in [7, 11) is 0. The summed E-state index contributed by atoms with van der Waals surface area (Å²) in [6.45, 7) is 7.55. The molecule has 0 saturated heterocycles. The van der Waals surface area contributed by atoms with Crippen LogP contribution >= 0.6 is 11.8 Å². The molecule has 156 valence electrons. The molecule has 0 radical (unpaired) electrons. The molecule has 1 amide bonds. The van der Waals surface area contributed by atoms with Gasteiger partial charge in [0.25, 0.3) is 0 Å². The number of alkyl carbamates (subject to hydrolysis) is 1. The van der Waals surface area contributed by atoms with Gasteiger partial charge in [0.05, 0.1) is 6.61 Å². The minimum atomic E-state index is -0.583. The van der Waals surface area contributed by atoms with E-state index in [0.29, 0.717) is 18.8 Å². The van der Waals surface area contributed by atoms with Crippen LogP contribution in [0.5, 0.6) is 0 Å². The zero-order chi connectivity index (χ0) is 21.3. The zero-order valence-electron chi connectivity index (χ0n) is 17.4. The lowest BCUT2D eigenvalue weighted by Crippen LogP contribution is -2.41. The van der Waals surface area contributed by atoms with E-state index in [0.717, 1.165) is 28.5 Å². The quantitative estimate of drug-likeness (QED) is 0.590. The van der Waals surface area contributed by atoms with Crippen molar-refractivity contribution in [3.8, 4) is 11.1 Å². The summed E-state index contributed by atoms with van der Waals surface area (Å²) < 4.78 is 10.3. The molecule has 6 heteroatoms. The third kappa shape index (κ3) is 8.60. The van der Waals surface area contributed by atoms with Crippen LogP contribution in [0, 0.1) is 0 Å². The maximum absolute atomic E-state index is 12.2. The summed E-state index contributed by atoms with van der Waals surface area (Å²) >= 11 is 1.06. The highest BCUT2D eigenvalue weighted by Gasteiger charge is 2.21. The second-order valence-electron chi connectivity index (χ2n) is 7.60. The average molecular weight is 416 g/mol.